The summed E-state index contributed by atoms with van der Waals surface area (Å²) in [6, 6.07) is 0. The van der Waals surface area contributed by atoms with Gasteiger partial charge in [-0.3, -0.25) is 0 Å². The second-order valence-corrected chi connectivity index (χ2v) is 2.17. The third-order valence-electron chi connectivity index (χ3n) is 1.10. The Balaban J connectivity index is 0. The first-order valence-electron chi connectivity index (χ1n) is 3.23. The van der Waals surface area contributed by atoms with Crippen LogP contribution in [-0.4, -0.2) is 31.0 Å². The van der Waals surface area contributed by atoms with Crippen molar-refractivity contribution in [2.75, 3.05) is 0 Å². The van der Waals surface area contributed by atoms with Gasteiger partial charge in [0.05, 0.1) is 0 Å². The minimum Gasteiger partial charge on any atom is -0.374 e. The summed E-state index contributed by atoms with van der Waals surface area (Å²) in [6.45, 7) is -0.340. The van der Waals surface area contributed by atoms with Crippen molar-refractivity contribution < 1.29 is 37.3 Å². The summed E-state index contributed by atoms with van der Waals surface area (Å²) >= 11 is 0. The Bertz CT molecular complexity index is 172. The summed E-state index contributed by atoms with van der Waals surface area (Å²) in [5.41, 5.74) is -5.38. The second kappa shape index (κ2) is 4.83. The molecule has 0 bridgehead atoms. The van der Waals surface area contributed by atoms with Gasteiger partial charge in [0.2, 0.25) is 7.98 Å². The van der Waals surface area contributed by atoms with E-state index in [2.05, 4.69) is 7.98 Å². The summed E-state index contributed by atoms with van der Waals surface area (Å²) in [5.74, 6) is 0. The predicted molar refractivity (Wildman–Crippen MR) is 32.7 cm³/mol. The van der Waals surface area contributed by atoms with Crippen molar-refractivity contribution in [2.24, 2.45) is 0 Å². The van der Waals surface area contributed by atoms with Gasteiger partial charge in [-0.25, -0.2) is 5.44 Å². The Morgan fingerprint density at radius 3 is 1.29 bits per heavy atom. The van der Waals surface area contributed by atoms with Gasteiger partial charge in [-0.1, -0.05) is 0 Å². The largest absolute Gasteiger partial charge is 0.425 e. The fraction of sp³-hybridized carbons (Fsp3) is 1.00. The van der Waals surface area contributed by atoms with Crippen molar-refractivity contribution in [3.63, 3.8) is 0 Å². The van der Waals surface area contributed by atoms with Gasteiger partial charge in [-0.05, 0) is 6.92 Å². The van der Waals surface area contributed by atoms with Gasteiger partial charge in [-0.15, -0.1) is 0 Å². The molecular formula is C4H5BF7NO. The molecule has 84 valence electrons. The first-order valence-corrected chi connectivity index (χ1v) is 2.78. The number of hydrogen-bond donors (Lipinski definition) is 2. The number of rotatable bonds is 0. The van der Waals surface area contributed by atoms with Gasteiger partial charge in [0.25, 0.3) is 5.60 Å². The molecule has 0 fully saturated rings. The van der Waals surface area contributed by atoms with E-state index in [-0.39, 0.29) is 6.92 Å². The highest BCUT2D eigenvalue weighted by Crippen LogP contribution is 2.42. The molecule has 0 aromatic rings. The lowest BCUT2D eigenvalue weighted by Crippen LogP contribution is -2.54. The smallest absolute Gasteiger partial charge is 0.374 e. The summed E-state index contributed by atoms with van der Waals surface area (Å²) in [4.78, 5) is 0. The van der Waals surface area contributed by atoms with Gasteiger partial charge in [0, 0.05) is 0 Å². The molecule has 0 saturated carbocycles. The Kier molecular flexibility index (Phi) is 4.65. The van der Waals surface area contributed by atoms with Crippen molar-refractivity contribution in [3.05, 3.63) is 0 Å². The predicted octanol–water partition coefficient (Wildman–Crippen LogP) is 1.41. The molecule has 0 atom stereocenters. The Morgan fingerprint density at radius 1 is 1.14 bits per heavy atom. The van der Waals surface area contributed by atoms with Crippen LogP contribution in [0.4, 0.5) is 30.8 Å². The highest BCUT2D eigenvalue weighted by atomic mass is 19.4. The van der Waals surface area contributed by atoms with E-state index >= 15 is 0 Å². The molecule has 0 aromatic carbocycles. The number of aliphatic hydroxyl groups is 1. The molecule has 0 saturated heterocycles. The molecule has 2 radical (unpaired) electrons. The van der Waals surface area contributed by atoms with Crippen LogP contribution in [0.25, 0.3) is 0 Å². The average Bonchev–Trinajstić information content (AvgIpc) is 1.79. The van der Waals surface area contributed by atoms with Gasteiger partial charge < -0.3 is 5.11 Å². The highest BCUT2D eigenvalue weighted by Gasteiger charge is 2.67. The molecule has 0 aliphatic heterocycles. The summed E-state index contributed by atoms with van der Waals surface area (Å²) < 4.78 is 84.0. The van der Waals surface area contributed by atoms with Gasteiger partial charge in [0.15, 0.2) is 0 Å². The van der Waals surface area contributed by atoms with E-state index in [1.807, 2.05) is 0 Å². The zero-order valence-electron chi connectivity index (χ0n) is 7.62. The quantitative estimate of drug-likeness (QED) is 0.373. The van der Waals surface area contributed by atoms with Gasteiger partial charge in [-0.2, -0.15) is 30.8 Å². The van der Waals surface area contributed by atoms with E-state index in [1.54, 1.807) is 0 Å². The average molecular weight is 229 g/mol. The summed E-state index contributed by atoms with van der Waals surface area (Å²) in [6.07, 6.45) is -11.4. The molecular weight excluding hydrogens is 222 g/mol. The van der Waals surface area contributed by atoms with Crippen LogP contribution in [0.15, 0.2) is 0 Å². The molecule has 0 rings (SSSR count). The Morgan fingerprint density at radius 2 is 1.29 bits per heavy atom. The highest BCUT2D eigenvalue weighted by molar-refractivity contribution is 6.03. The van der Waals surface area contributed by atoms with Crippen LogP contribution >= 0.6 is 0 Å². The first-order chi connectivity index (χ1) is 6.23. The molecule has 0 spiro atoms. The Labute approximate surface area is 76.9 Å². The maximum atomic E-state index is 11.4. The normalized spacial score (nSPS) is 14.6. The molecule has 14 heavy (non-hydrogen) atoms. The lowest BCUT2D eigenvalue weighted by molar-refractivity contribution is -0.360. The number of hydrogen-bond acceptors (Lipinski definition) is 2. The first kappa shape index (κ1) is 13.5. The van der Waals surface area contributed by atoms with Crippen LogP contribution in [0, 0.1) is 0 Å². The second-order valence-electron chi connectivity index (χ2n) is 2.17. The van der Waals surface area contributed by atoms with Crippen molar-refractivity contribution in [1.82, 2.24) is 5.44 Å². The molecule has 0 heterocycles. The number of nitrogens with one attached hydrogen (secondary N) is 1. The van der Waals surface area contributed by atoms with Crippen molar-refractivity contribution >= 4 is 7.98 Å². The van der Waals surface area contributed by atoms with E-state index in [4.69, 9.17) is 6.52 Å². The molecule has 0 aliphatic carbocycles. The summed E-state index contributed by atoms with van der Waals surface area (Å²) in [5, 5.41) is 7.94. The van der Waals surface area contributed by atoms with Crippen LogP contribution < -0.4 is 5.44 Å². The fourth-order valence-electron chi connectivity index (χ4n) is 0.161. The van der Waals surface area contributed by atoms with E-state index < -0.39 is 23.4 Å². The molecule has 10 heteroatoms. The number of alkyl halides is 6. The Hall–Kier alpha value is -0.505. The van der Waals surface area contributed by atoms with E-state index in [0.29, 0.717) is 0 Å². The lowest BCUT2D eigenvalue weighted by Gasteiger charge is -2.28. The maximum Gasteiger partial charge on any atom is 0.425 e. The van der Waals surface area contributed by atoms with Crippen molar-refractivity contribution in [1.29, 1.82) is 0 Å². The fourth-order valence-corrected chi connectivity index (χ4v) is 0.161. The molecule has 0 aliphatic rings. The minimum absolute atomic E-state index is 0.340. The monoisotopic (exact) mass is 229 g/mol. The van der Waals surface area contributed by atoms with Gasteiger partial charge >= 0.3 is 12.4 Å². The van der Waals surface area contributed by atoms with E-state index in [9.17, 15) is 30.8 Å². The van der Waals surface area contributed by atoms with Crippen LogP contribution in [0.5, 0.6) is 0 Å². The van der Waals surface area contributed by atoms with Crippen LogP contribution in [0.3, 0.4) is 0 Å². The van der Waals surface area contributed by atoms with Crippen molar-refractivity contribution in [2.45, 2.75) is 24.9 Å². The van der Waals surface area contributed by atoms with Crippen LogP contribution in [0.2, 0.25) is 1.41 Å². The third-order valence-corrected chi connectivity index (χ3v) is 1.10. The molecule has 0 amide bonds. The van der Waals surface area contributed by atoms with Crippen LogP contribution in [-0.2, 0) is 0 Å². The molecule has 2 N–H and O–H groups in total. The molecule has 2 nitrogen and oxygen atoms in total. The minimum atomic E-state index is -5.69. The van der Waals surface area contributed by atoms with Crippen LogP contribution in [0.1, 0.15) is 6.92 Å². The zero-order valence-corrected chi connectivity index (χ0v) is 6.62. The lowest BCUT2D eigenvalue weighted by atomic mass is 10.1. The van der Waals surface area contributed by atoms with Gasteiger partial charge in [0.1, 0.15) is 1.41 Å². The molecule has 0 aromatic heterocycles. The van der Waals surface area contributed by atoms with Crippen molar-refractivity contribution in [3.8, 4) is 0 Å². The SMILES string of the molecule is CC(O)(C(F)(F)F)C(F)(F)F.[3H]N([B])F. The zero-order chi connectivity index (χ0) is 13.1. The standard InChI is InChI=1S/C4H4F6O.BFHN/c1-2(11,3(5,6)7)4(8,9)10;1-3-2/h11H,1H3;3H/i;3T. The third kappa shape index (κ3) is 4.14. The topological polar surface area (TPSA) is 32.3 Å². The maximum absolute atomic E-state index is 11.4. The summed E-state index contributed by atoms with van der Waals surface area (Å²) in [7, 11) is 3.94. The van der Waals surface area contributed by atoms with E-state index in [0.717, 1.165) is 0 Å². The number of halogens is 7. The molecule has 0 unspecified atom stereocenters. The van der Waals surface area contributed by atoms with E-state index in [1.165, 1.54) is 0 Å².